The third-order valence-electron chi connectivity index (χ3n) is 2.57. The smallest absolute Gasteiger partial charge is 0.252 e. The molecular weight excluding hydrogens is 270 g/mol. The van der Waals surface area contributed by atoms with Crippen LogP contribution in [0.3, 0.4) is 0 Å². The zero-order chi connectivity index (χ0) is 14.4. The SMILES string of the molecule is Cc1cnc(CNC(=O)c2ccccc2C#CCN)s1. The molecule has 0 aliphatic heterocycles. The number of thiazole rings is 1. The molecule has 0 fully saturated rings. The third kappa shape index (κ3) is 3.67. The molecule has 5 heteroatoms. The molecule has 3 N–H and O–H groups in total. The molecule has 0 radical (unpaired) electrons. The molecule has 4 nitrogen and oxygen atoms in total. The van der Waals surface area contributed by atoms with Gasteiger partial charge in [-0.1, -0.05) is 24.0 Å². The Bertz CT molecular complexity index is 667. The molecule has 2 rings (SSSR count). The molecule has 0 saturated carbocycles. The molecule has 0 aliphatic rings. The average molecular weight is 285 g/mol. The first-order valence-corrected chi connectivity index (χ1v) is 7.00. The van der Waals surface area contributed by atoms with Gasteiger partial charge in [-0.25, -0.2) is 4.98 Å². The van der Waals surface area contributed by atoms with E-state index >= 15 is 0 Å². The minimum atomic E-state index is -0.153. The van der Waals surface area contributed by atoms with E-state index in [0.29, 0.717) is 17.7 Å². The van der Waals surface area contributed by atoms with Gasteiger partial charge in [-0.15, -0.1) is 11.3 Å². The Hall–Kier alpha value is -2.16. The maximum Gasteiger partial charge on any atom is 0.252 e. The van der Waals surface area contributed by atoms with Crippen LogP contribution in [-0.4, -0.2) is 17.4 Å². The van der Waals surface area contributed by atoms with Crippen molar-refractivity contribution >= 4 is 17.2 Å². The number of rotatable bonds is 3. The van der Waals surface area contributed by atoms with Crippen LogP contribution in [0.5, 0.6) is 0 Å². The van der Waals surface area contributed by atoms with Crippen LogP contribution in [0.25, 0.3) is 0 Å². The number of hydrogen-bond donors (Lipinski definition) is 2. The summed E-state index contributed by atoms with van der Waals surface area (Å²) in [5.41, 5.74) is 6.60. The summed E-state index contributed by atoms with van der Waals surface area (Å²) < 4.78 is 0. The van der Waals surface area contributed by atoms with Crippen molar-refractivity contribution in [3.63, 3.8) is 0 Å². The van der Waals surface area contributed by atoms with Crippen molar-refractivity contribution in [3.8, 4) is 11.8 Å². The number of hydrogen-bond acceptors (Lipinski definition) is 4. The van der Waals surface area contributed by atoms with E-state index in [1.54, 1.807) is 23.6 Å². The van der Waals surface area contributed by atoms with Crippen molar-refractivity contribution in [2.45, 2.75) is 13.5 Å². The molecule has 0 aliphatic carbocycles. The van der Waals surface area contributed by atoms with Gasteiger partial charge in [0.05, 0.1) is 18.7 Å². The van der Waals surface area contributed by atoms with E-state index in [1.165, 1.54) is 0 Å². The van der Waals surface area contributed by atoms with Crippen LogP contribution in [0.15, 0.2) is 30.5 Å². The monoisotopic (exact) mass is 285 g/mol. The fourth-order valence-corrected chi connectivity index (χ4v) is 2.40. The van der Waals surface area contributed by atoms with Crippen LogP contribution in [0.2, 0.25) is 0 Å². The summed E-state index contributed by atoms with van der Waals surface area (Å²) in [6.45, 7) is 2.69. The van der Waals surface area contributed by atoms with Gasteiger partial charge in [0.15, 0.2) is 0 Å². The molecule has 0 unspecified atom stereocenters. The maximum absolute atomic E-state index is 12.2. The largest absolute Gasteiger partial charge is 0.345 e. The van der Waals surface area contributed by atoms with E-state index in [9.17, 15) is 4.79 Å². The van der Waals surface area contributed by atoms with E-state index in [1.807, 2.05) is 25.1 Å². The van der Waals surface area contributed by atoms with E-state index in [4.69, 9.17) is 5.73 Å². The number of aryl methyl sites for hydroxylation is 1. The van der Waals surface area contributed by atoms with Crippen LogP contribution in [-0.2, 0) is 6.54 Å². The molecule has 0 spiro atoms. The fraction of sp³-hybridized carbons (Fsp3) is 0.200. The van der Waals surface area contributed by atoms with Crippen LogP contribution >= 0.6 is 11.3 Å². The van der Waals surface area contributed by atoms with Gasteiger partial charge in [-0.3, -0.25) is 4.79 Å². The highest BCUT2D eigenvalue weighted by Crippen LogP contribution is 2.12. The zero-order valence-corrected chi connectivity index (χ0v) is 12.0. The Morgan fingerprint density at radius 1 is 1.45 bits per heavy atom. The lowest BCUT2D eigenvalue weighted by Crippen LogP contribution is -2.23. The number of amides is 1. The summed E-state index contributed by atoms with van der Waals surface area (Å²) in [4.78, 5) is 17.5. The van der Waals surface area contributed by atoms with Gasteiger partial charge in [0.2, 0.25) is 0 Å². The van der Waals surface area contributed by atoms with Gasteiger partial charge in [0.25, 0.3) is 5.91 Å². The topological polar surface area (TPSA) is 68.0 Å². The maximum atomic E-state index is 12.2. The second-order valence-corrected chi connectivity index (χ2v) is 5.42. The number of carbonyl (C=O) groups excluding carboxylic acids is 1. The summed E-state index contributed by atoms with van der Waals surface area (Å²) in [5.74, 6) is 5.52. The third-order valence-corrected chi connectivity index (χ3v) is 3.48. The van der Waals surface area contributed by atoms with Crippen LogP contribution in [0.4, 0.5) is 0 Å². The summed E-state index contributed by atoms with van der Waals surface area (Å²) >= 11 is 1.57. The second-order valence-electron chi connectivity index (χ2n) is 4.10. The molecule has 0 bridgehead atoms. The standard InChI is InChI=1S/C15H15N3OS/c1-11-9-17-14(20-11)10-18-15(19)13-7-3-2-5-12(13)6-4-8-16/h2-3,5,7,9H,8,10,16H2,1H3,(H,18,19). The van der Waals surface area contributed by atoms with Crippen molar-refractivity contribution in [3.05, 3.63) is 51.5 Å². The van der Waals surface area contributed by atoms with E-state index in [2.05, 4.69) is 22.1 Å². The van der Waals surface area contributed by atoms with Crippen molar-refractivity contribution in [2.75, 3.05) is 6.54 Å². The van der Waals surface area contributed by atoms with Gasteiger partial charge in [-0.05, 0) is 19.1 Å². The first kappa shape index (κ1) is 14.3. The summed E-state index contributed by atoms with van der Waals surface area (Å²) in [6.07, 6.45) is 1.80. The van der Waals surface area contributed by atoms with E-state index < -0.39 is 0 Å². The quantitative estimate of drug-likeness (QED) is 0.843. The van der Waals surface area contributed by atoms with Crippen molar-refractivity contribution in [2.24, 2.45) is 5.73 Å². The van der Waals surface area contributed by atoms with Crippen LogP contribution in [0.1, 0.15) is 25.8 Å². The predicted molar refractivity (Wildman–Crippen MR) is 80.4 cm³/mol. The molecule has 0 atom stereocenters. The number of nitrogens with two attached hydrogens (primary N) is 1. The van der Waals surface area contributed by atoms with E-state index in [-0.39, 0.29) is 12.5 Å². The Labute approximate surface area is 122 Å². The van der Waals surface area contributed by atoms with Gasteiger partial charge < -0.3 is 11.1 Å². The first-order chi connectivity index (χ1) is 9.70. The fourth-order valence-electron chi connectivity index (χ4n) is 1.67. The molecule has 1 aromatic heterocycles. The predicted octanol–water partition coefficient (Wildman–Crippen LogP) is 1.69. The van der Waals surface area contributed by atoms with Crippen LogP contribution < -0.4 is 11.1 Å². The highest BCUT2D eigenvalue weighted by molar-refractivity contribution is 7.11. The van der Waals surface area contributed by atoms with Crippen molar-refractivity contribution in [1.82, 2.24) is 10.3 Å². The molecule has 1 amide bonds. The van der Waals surface area contributed by atoms with Gasteiger partial charge in [0, 0.05) is 16.6 Å². The lowest BCUT2D eigenvalue weighted by atomic mass is 10.1. The first-order valence-electron chi connectivity index (χ1n) is 6.18. The van der Waals surface area contributed by atoms with Gasteiger partial charge in [-0.2, -0.15) is 0 Å². The Balaban J connectivity index is 2.09. The van der Waals surface area contributed by atoms with E-state index in [0.717, 1.165) is 9.88 Å². The van der Waals surface area contributed by atoms with Gasteiger partial charge in [0.1, 0.15) is 5.01 Å². The number of aromatic nitrogens is 1. The highest BCUT2D eigenvalue weighted by atomic mass is 32.1. The number of benzene rings is 1. The minimum Gasteiger partial charge on any atom is -0.345 e. The lowest BCUT2D eigenvalue weighted by Gasteiger charge is -2.05. The Morgan fingerprint density at radius 2 is 2.25 bits per heavy atom. The van der Waals surface area contributed by atoms with Gasteiger partial charge >= 0.3 is 0 Å². The lowest BCUT2D eigenvalue weighted by molar-refractivity contribution is 0.0950. The molecule has 20 heavy (non-hydrogen) atoms. The normalized spacial score (nSPS) is 9.70. The molecule has 102 valence electrons. The summed E-state index contributed by atoms with van der Waals surface area (Å²) in [5, 5.41) is 3.75. The van der Waals surface area contributed by atoms with Crippen molar-refractivity contribution < 1.29 is 4.79 Å². The Morgan fingerprint density at radius 3 is 2.95 bits per heavy atom. The number of nitrogens with one attached hydrogen (secondary N) is 1. The zero-order valence-electron chi connectivity index (χ0n) is 11.1. The summed E-state index contributed by atoms with van der Waals surface area (Å²) in [7, 11) is 0. The summed E-state index contributed by atoms with van der Waals surface area (Å²) in [6, 6.07) is 7.23. The minimum absolute atomic E-state index is 0.153. The molecular formula is C15H15N3OS. The molecule has 1 aromatic carbocycles. The average Bonchev–Trinajstić information content (AvgIpc) is 2.88. The van der Waals surface area contributed by atoms with Crippen molar-refractivity contribution in [1.29, 1.82) is 0 Å². The number of carbonyl (C=O) groups is 1. The van der Waals surface area contributed by atoms with Crippen LogP contribution in [0, 0.1) is 18.8 Å². The second kappa shape index (κ2) is 6.85. The highest BCUT2D eigenvalue weighted by Gasteiger charge is 2.10. The Kier molecular flexibility index (Phi) is 4.88. The molecule has 1 heterocycles. The number of nitrogens with zero attached hydrogens (tertiary/aromatic N) is 1. The molecule has 0 saturated heterocycles. The molecule has 2 aromatic rings.